The Bertz CT molecular complexity index is 814. The topological polar surface area (TPSA) is 37.3 Å². The maximum atomic E-state index is 12.6. The van der Waals surface area contributed by atoms with E-state index in [0.29, 0.717) is 39.9 Å². The van der Waals surface area contributed by atoms with Crippen molar-refractivity contribution in [1.29, 1.82) is 0 Å². The molecule has 10 atom stereocenters. The number of carbonyl (C=O) groups is 1. The molecule has 180 valence electrons. The van der Waals surface area contributed by atoms with Crippen LogP contribution in [-0.2, 0) is 4.79 Å². The lowest BCUT2D eigenvalue weighted by molar-refractivity contribution is -0.245. The van der Waals surface area contributed by atoms with E-state index >= 15 is 0 Å². The molecule has 32 heavy (non-hydrogen) atoms. The third kappa shape index (κ3) is 2.60. The predicted octanol–water partition coefficient (Wildman–Crippen LogP) is 7.20. The zero-order valence-electron chi connectivity index (χ0n) is 21.7. The van der Waals surface area contributed by atoms with Crippen molar-refractivity contribution in [2.24, 2.45) is 56.7 Å². The zero-order chi connectivity index (χ0) is 23.3. The summed E-state index contributed by atoms with van der Waals surface area (Å²) in [5, 5.41) is 10.9. The maximum absolute atomic E-state index is 12.6. The molecule has 5 saturated carbocycles. The van der Waals surface area contributed by atoms with Crippen LogP contribution in [0.2, 0.25) is 0 Å². The summed E-state index contributed by atoms with van der Waals surface area (Å²) in [5.41, 5.74) is 2.20. The Morgan fingerprint density at radius 1 is 0.844 bits per heavy atom. The van der Waals surface area contributed by atoms with Crippen molar-refractivity contribution < 1.29 is 9.90 Å². The van der Waals surface area contributed by atoms with E-state index in [1.54, 1.807) is 0 Å². The quantitative estimate of drug-likeness (QED) is 0.364. The fourth-order valence-electron chi connectivity index (χ4n) is 11.4. The maximum Gasteiger partial charge on any atom is 0.126 e. The number of hydrogen-bond donors (Lipinski definition) is 1. The van der Waals surface area contributed by atoms with Crippen LogP contribution < -0.4 is 0 Å². The van der Waals surface area contributed by atoms with Crippen molar-refractivity contribution in [3.63, 3.8) is 0 Å². The Morgan fingerprint density at radius 2 is 1.56 bits per heavy atom. The first kappa shape index (κ1) is 23.1. The molecule has 0 aromatic rings. The fourth-order valence-corrected chi connectivity index (χ4v) is 11.4. The van der Waals surface area contributed by atoms with Gasteiger partial charge in [0.1, 0.15) is 6.29 Å². The van der Waals surface area contributed by atoms with Crippen LogP contribution in [0.15, 0.2) is 12.2 Å². The second-order valence-electron chi connectivity index (χ2n) is 14.4. The first-order chi connectivity index (χ1) is 14.9. The van der Waals surface area contributed by atoms with Gasteiger partial charge in [0, 0.05) is 5.41 Å². The van der Waals surface area contributed by atoms with Crippen LogP contribution in [0.1, 0.15) is 106 Å². The summed E-state index contributed by atoms with van der Waals surface area (Å²) in [6.45, 7) is 19.2. The van der Waals surface area contributed by atoms with Gasteiger partial charge in [-0.3, -0.25) is 0 Å². The van der Waals surface area contributed by atoms with E-state index in [2.05, 4.69) is 48.1 Å². The highest BCUT2D eigenvalue weighted by molar-refractivity contribution is 5.62. The van der Waals surface area contributed by atoms with Gasteiger partial charge in [-0.05, 0) is 122 Å². The van der Waals surface area contributed by atoms with Gasteiger partial charge in [0.05, 0.1) is 6.10 Å². The summed E-state index contributed by atoms with van der Waals surface area (Å²) in [7, 11) is 0. The lowest BCUT2D eigenvalue weighted by Gasteiger charge is -2.72. The minimum Gasteiger partial charge on any atom is -0.393 e. The average Bonchev–Trinajstić information content (AvgIpc) is 3.12. The molecule has 0 radical (unpaired) electrons. The molecule has 0 aromatic carbocycles. The average molecular weight is 441 g/mol. The largest absolute Gasteiger partial charge is 0.393 e. The van der Waals surface area contributed by atoms with Crippen LogP contribution in [0.25, 0.3) is 0 Å². The molecule has 0 amide bonds. The van der Waals surface area contributed by atoms with Gasteiger partial charge >= 0.3 is 0 Å². The number of aliphatic hydroxyl groups excluding tert-OH is 1. The molecule has 5 rings (SSSR count). The standard InChI is InChI=1S/C30H48O2/c1-19(2)20-10-15-30(18-31)17-16-28(6)21(25(20)30)8-9-23-27(5)13-12-24(32)26(3,4)22(27)11-14-29(23,28)7/h18,20-25,32H,1,8-17H2,2-7H3/t20?,21-,22+,23-,24?,25?,27+,28-,29-,30?/m1/s1. The van der Waals surface area contributed by atoms with E-state index in [4.69, 9.17) is 0 Å². The number of rotatable bonds is 2. The van der Waals surface area contributed by atoms with Crippen molar-refractivity contribution >= 4 is 6.29 Å². The third-order valence-electron chi connectivity index (χ3n) is 13.3. The van der Waals surface area contributed by atoms with Crippen LogP contribution in [0.4, 0.5) is 0 Å². The Kier molecular flexibility index (Phi) is 5.03. The lowest BCUT2D eigenvalue weighted by atomic mass is 9.32. The van der Waals surface area contributed by atoms with E-state index in [0.717, 1.165) is 31.6 Å². The Morgan fingerprint density at radius 3 is 2.22 bits per heavy atom. The van der Waals surface area contributed by atoms with E-state index in [9.17, 15) is 9.90 Å². The zero-order valence-corrected chi connectivity index (χ0v) is 21.7. The predicted molar refractivity (Wildman–Crippen MR) is 131 cm³/mol. The molecular weight excluding hydrogens is 392 g/mol. The number of aldehydes is 1. The normalized spacial score (nSPS) is 56.3. The van der Waals surface area contributed by atoms with E-state index < -0.39 is 0 Å². The van der Waals surface area contributed by atoms with Gasteiger partial charge in [-0.25, -0.2) is 0 Å². The number of carbonyl (C=O) groups excluding carboxylic acids is 1. The molecule has 1 N–H and O–H groups in total. The highest BCUT2D eigenvalue weighted by Gasteiger charge is 2.70. The molecule has 4 unspecified atom stereocenters. The lowest BCUT2D eigenvalue weighted by Crippen LogP contribution is -2.66. The van der Waals surface area contributed by atoms with Crippen molar-refractivity contribution in [3.05, 3.63) is 12.2 Å². The molecule has 0 saturated heterocycles. The van der Waals surface area contributed by atoms with Crippen molar-refractivity contribution in [2.45, 2.75) is 112 Å². The Balaban J connectivity index is 1.56. The summed E-state index contributed by atoms with van der Waals surface area (Å²) >= 11 is 0. The number of aliphatic hydroxyl groups is 1. The smallest absolute Gasteiger partial charge is 0.126 e. The Labute approximate surface area is 197 Å². The van der Waals surface area contributed by atoms with Crippen LogP contribution in [0.3, 0.4) is 0 Å². The molecule has 0 aromatic heterocycles. The van der Waals surface area contributed by atoms with Gasteiger partial charge in [0.15, 0.2) is 0 Å². The van der Waals surface area contributed by atoms with Crippen LogP contribution >= 0.6 is 0 Å². The van der Waals surface area contributed by atoms with Gasteiger partial charge in [-0.15, -0.1) is 0 Å². The highest BCUT2D eigenvalue weighted by Crippen LogP contribution is 2.77. The first-order valence-corrected chi connectivity index (χ1v) is 13.7. The highest BCUT2D eigenvalue weighted by atomic mass is 16.3. The monoisotopic (exact) mass is 440 g/mol. The second kappa shape index (κ2) is 6.96. The summed E-state index contributed by atoms with van der Waals surface area (Å²) in [5.74, 6) is 3.03. The molecule has 2 heteroatoms. The Hall–Kier alpha value is -0.630. The fraction of sp³-hybridized carbons (Fsp3) is 0.900. The molecule has 0 bridgehead atoms. The van der Waals surface area contributed by atoms with Crippen molar-refractivity contribution in [3.8, 4) is 0 Å². The number of fused-ring (bicyclic) bond motifs is 7. The third-order valence-corrected chi connectivity index (χ3v) is 13.3. The molecule has 2 nitrogen and oxygen atoms in total. The van der Waals surface area contributed by atoms with Crippen molar-refractivity contribution in [2.75, 3.05) is 0 Å². The molecular formula is C30H48O2. The van der Waals surface area contributed by atoms with Crippen LogP contribution in [-0.4, -0.2) is 17.5 Å². The van der Waals surface area contributed by atoms with Gasteiger partial charge in [-0.1, -0.05) is 46.8 Å². The van der Waals surface area contributed by atoms with Crippen molar-refractivity contribution in [1.82, 2.24) is 0 Å². The van der Waals surface area contributed by atoms with E-state index in [-0.39, 0.29) is 16.9 Å². The van der Waals surface area contributed by atoms with Gasteiger partial charge in [0.25, 0.3) is 0 Å². The first-order valence-electron chi connectivity index (χ1n) is 13.7. The number of hydrogen-bond acceptors (Lipinski definition) is 2. The molecule has 5 fully saturated rings. The van der Waals surface area contributed by atoms with E-state index in [1.807, 2.05) is 0 Å². The van der Waals surface area contributed by atoms with Crippen LogP contribution in [0.5, 0.6) is 0 Å². The minimum absolute atomic E-state index is 0.0157. The summed E-state index contributed by atoms with van der Waals surface area (Å²) in [6, 6.07) is 0. The molecule has 0 heterocycles. The molecule has 0 aliphatic heterocycles. The molecule has 0 spiro atoms. The van der Waals surface area contributed by atoms with E-state index in [1.165, 1.54) is 50.4 Å². The minimum atomic E-state index is -0.158. The summed E-state index contributed by atoms with van der Waals surface area (Å²) < 4.78 is 0. The van der Waals surface area contributed by atoms with Gasteiger partial charge < -0.3 is 9.90 Å². The van der Waals surface area contributed by atoms with Crippen LogP contribution in [0, 0.1) is 56.7 Å². The summed E-state index contributed by atoms with van der Waals surface area (Å²) in [4.78, 5) is 12.6. The van der Waals surface area contributed by atoms with Gasteiger partial charge in [0.2, 0.25) is 0 Å². The number of allylic oxidation sites excluding steroid dienone is 1. The summed E-state index contributed by atoms with van der Waals surface area (Å²) in [6.07, 6.45) is 13.1. The SMILES string of the molecule is C=C(C)C1CCC2(C=O)CC[C@]3(C)[C@H](CC[C@@H]4[C@@]5(C)CCC(O)C(C)(C)[C@@H]5CC[C@]43C)C12. The molecule has 5 aliphatic rings. The molecule has 5 aliphatic carbocycles. The second-order valence-corrected chi connectivity index (χ2v) is 14.4. The van der Waals surface area contributed by atoms with Gasteiger partial charge in [-0.2, -0.15) is 0 Å².